The SMILES string of the molecule is CC(C)C1CNc2cc(Br)ccc2CN1. The Hall–Kier alpha value is -0.540. The van der Waals surface area contributed by atoms with Gasteiger partial charge in [-0.3, -0.25) is 0 Å². The largest absolute Gasteiger partial charge is 0.383 e. The van der Waals surface area contributed by atoms with Crippen LogP contribution in [0.4, 0.5) is 5.69 Å². The van der Waals surface area contributed by atoms with E-state index in [0.717, 1.165) is 17.6 Å². The third-order valence-corrected chi connectivity index (χ3v) is 3.44. The number of anilines is 1. The summed E-state index contributed by atoms with van der Waals surface area (Å²) in [5.74, 6) is 0.662. The van der Waals surface area contributed by atoms with Gasteiger partial charge in [0.1, 0.15) is 0 Å². The number of benzene rings is 1. The van der Waals surface area contributed by atoms with Crippen molar-refractivity contribution >= 4 is 21.6 Å². The number of halogens is 1. The van der Waals surface area contributed by atoms with Crippen LogP contribution >= 0.6 is 15.9 Å². The van der Waals surface area contributed by atoms with Gasteiger partial charge in [-0.1, -0.05) is 35.8 Å². The summed E-state index contributed by atoms with van der Waals surface area (Å²) in [7, 11) is 0. The molecule has 0 aliphatic carbocycles. The van der Waals surface area contributed by atoms with E-state index in [1.54, 1.807) is 0 Å². The highest BCUT2D eigenvalue weighted by Crippen LogP contribution is 2.23. The summed E-state index contributed by atoms with van der Waals surface area (Å²) in [5, 5.41) is 7.08. The van der Waals surface area contributed by atoms with E-state index in [1.807, 2.05) is 0 Å². The zero-order valence-electron chi connectivity index (χ0n) is 9.18. The minimum atomic E-state index is 0.552. The van der Waals surface area contributed by atoms with E-state index in [9.17, 15) is 0 Å². The van der Waals surface area contributed by atoms with Crippen LogP contribution in [0.2, 0.25) is 0 Å². The molecule has 3 heteroatoms. The Morgan fingerprint density at radius 3 is 2.93 bits per heavy atom. The Labute approximate surface area is 99.6 Å². The first-order chi connectivity index (χ1) is 7.16. The van der Waals surface area contributed by atoms with Gasteiger partial charge in [-0.2, -0.15) is 0 Å². The first kappa shape index (κ1) is 11.0. The maximum atomic E-state index is 3.58. The second kappa shape index (κ2) is 4.54. The van der Waals surface area contributed by atoms with Crippen LogP contribution in [0.3, 0.4) is 0 Å². The Morgan fingerprint density at radius 1 is 1.40 bits per heavy atom. The molecule has 1 aromatic carbocycles. The Balaban J connectivity index is 2.18. The van der Waals surface area contributed by atoms with Crippen LogP contribution in [0.25, 0.3) is 0 Å². The van der Waals surface area contributed by atoms with Crippen molar-refractivity contribution in [1.82, 2.24) is 5.32 Å². The van der Waals surface area contributed by atoms with Crippen LogP contribution in [0.5, 0.6) is 0 Å². The molecule has 0 saturated heterocycles. The second-order valence-corrected chi connectivity index (χ2v) is 5.33. The number of nitrogens with one attached hydrogen (secondary N) is 2. The van der Waals surface area contributed by atoms with Crippen LogP contribution in [-0.4, -0.2) is 12.6 Å². The monoisotopic (exact) mass is 268 g/mol. The van der Waals surface area contributed by atoms with Gasteiger partial charge >= 0.3 is 0 Å². The van der Waals surface area contributed by atoms with Gasteiger partial charge < -0.3 is 10.6 Å². The molecule has 0 aromatic heterocycles. The van der Waals surface area contributed by atoms with Crippen LogP contribution < -0.4 is 10.6 Å². The van der Waals surface area contributed by atoms with Gasteiger partial charge in [-0.15, -0.1) is 0 Å². The molecule has 1 unspecified atom stereocenters. The molecule has 1 aromatic rings. The summed E-state index contributed by atoms with van der Waals surface area (Å²) in [6.07, 6.45) is 0. The van der Waals surface area contributed by atoms with Crippen molar-refractivity contribution in [3.05, 3.63) is 28.2 Å². The fourth-order valence-corrected chi connectivity index (χ4v) is 2.23. The normalized spacial score (nSPS) is 20.7. The quantitative estimate of drug-likeness (QED) is 0.819. The first-order valence-corrected chi connectivity index (χ1v) is 6.22. The van der Waals surface area contributed by atoms with Gasteiger partial charge in [0.2, 0.25) is 0 Å². The van der Waals surface area contributed by atoms with Gasteiger partial charge in [-0.05, 0) is 23.6 Å². The zero-order valence-corrected chi connectivity index (χ0v) is 10.8. The number of hydrogen-bond donors (Lipinski definition) is 2. The minimum absolute atomic E-state index is 0.552. The Bertz CT molecular complexity index is 349. The minimum Gasteiger partial charge on any atom is -0.383 e. The number of fused-ring (bicyclic) bond motifs is 1. The van der Waals surface area contributed by atoms with Crippen molar-refractivity contribution in [1.29, 1.82) is 0 Å². The number of rotatable bonds is 1. The molecular weight excluding hydrogens is 252 g/mol. The lowest BCUT2D eigenvalue weighted by Crippen LogP contribution is -2.37. The van der Waals surface area contributed by atoms with Crippen molar-refractivity contribution in [2.75, 3.05) is 11.9 Å². The van der Waals surface area contributed by atoms with Gasteiger partial charge in [0, 0.05) is 29.3 Å². The summed E-state index contributed by atoms with van der Waals surface area (Å²) in [6, 6.07) is 6.97. The third-order valence-electron chi connectivity index (χ3n) is 2.94. The van der Waals surface area contributed by atoms with Crippen molar-refractivity contribution in [2.45, 2.75) is 26.4 Å². The molecule has 2 rings (SSSR count). The van der Waals surface area contributed by atoms with Gasteiger partial charge in [0.15, 0.2) is 0 Å². The molecule has 1 atom stereocenters. The molecule has 0 saturated carbocycles. The van der Waals surface area contributed by atoms with Crippen LogP contribution in [-0.2, 0) is 6.54 Å². The summed E-state index contributed by atoms with van der Waals surface area (Å²) >= 11 is 3.50. The second-order valence-electron chi connectivity index (χ2n) is 4.41. The molecule has 1 heterocycles. The van der Waals surface area contributed by atoms with Crippen LogP contribution in [0.1, 0.15) is 19.4 Å². The molecule has 15 heavy (non-hydrogen) atoms. The highest BCUT2D eigenvalue weighted by Gasteiger charge is 2.17. The topological polar surface area (TPSA) is 24.1 Å². The highest BCUT2D eigenvalue weighted by atomic mass is 79.9. The van der Waals surface area contributed by atoms with E-state index in [1.165, 1.54) is 11.3 Å². The maximum Gasteiger partial charge on any atom is 0.0397 e. The molecule has 82 valence electrons. The van der Waals surface area contributed by atoms with E-state index in [4.69, 9.17) is 0 Å². The molecular formula is C12H17BrN2. The smallest absolute Gasteiger partial charge is 0.0397 e. The molecule has 1 aliphatic rings. The van der Waals surface area contributed by atoms with Gasteiger partial charge in [-0.25, -0.2) is 0 Å². The molecule has 2 nitrogen and oxygen atoms in total. The molecule has 2 N–H and O–H groups in total. The zero-order chi connectivity index (χ0) is 10.8. The summed E-state index contributed by atoms with van der Waals surface area (Å²) in [4.78, 5) is 0. The van der Waals surface area contributed by atoms with Crippen LogP contribution in [0.15, 0.2) is 22.7 Å². The van der Waals surface area contributed by atoms with E-state index in [-0.39, 0.29) is 0 Å². The maximum absolute atomic E-state index is 3.58. The molecule has 0 spiro atoms. The fraction of sp³-hybridized carbons (Fsp3) is 0.500. The Kier molecular flexibility index (Phi) is 3.32. The third kappa shape index (κ3) is 2.52. The summed E-state index contributed by atoms with van der Waals surface area (Å²) in [6.45, 7) is 6.47. The summed E-state index contributed by atoms with van der Waals surface area (Å²) in [5.41, 5.74) is 2.60. The lowest BCUT2D eigenvalue weighted by molar-refractivity contribution is 0.419. The predicted molar refractivity (Wildman–Crippen MR) is 68.1 cm³/mol. The molecule has 0 bridgehead atoms. The van der Waals surface area contributed by atoms with Crippen LogP contribution in [0, 0.1) is 5.92 Å². The predicted octanol–water partition coefficient (Wildman–Crippen LogP) is 2.99. The van der Waals surface area contributed by atoms with Crippen molar-refractivity contribution in [2.24, 2.45) is 5.92 Å². The van der Waals surface area contributed by atoms with Crippen molar-refractivity contribution in [3.8, 4) is 0 Å². The lowest BCUT2D eigenvalue weighted by atomic mass is 10.1. The first-order valence-electron chi connectivity index (χ1n) is 5.42. The van der Waals surface area contributed by atoms with Crippen molar-refractivity contribution < 1.29 is 0 Å². The van der Waals surface area contributed by atoms with E-state index >= 15 is 0 Å². The fourth-order valence-electron chi connectivity index (χ4n) is 1.87. The Morgan fingerprint density at radius 2 is 2.20 bits per heavy atom. The standard InChI is InChI=1S/C12H17BrN2/c1-8(2)12-7-15-11-5-10(13)4-3-9(11)6-14-12/h3-5,8,12,14-15H,6-7H2,1-2H3. The highest BCUT2D eigenvalue weighted by molar-refractivity contribution is 9.10. The van der Waals surface area contributed by atoms with Crippen molar-refractivity contribution in [3.63, 3.8) is 0 Å². The average molecular weight is 269 g/mol. The number of hydrogen-bond acceptors (Lipinski definition) is 2. The van der Waals surface area contributed by atoms with Gasteiger partial charge in [0.05, 0.1) is 0 Å². The average Bonchev–Trinajstić information content (AvgIpc) is 2.39. The van der Waals surface area contributed by atoms with E-state index in [0.29, 0.717) is 12.0 Å². The molecule has 0 radical (unpaired) electrons. The van der Waals surface area contributed by atoms with Gasteiger partial charge in [0.25, 0.3) is 0 Å². The molecule has 0 fully saturated rings. The van der Waals surface area contributed by atoms with E-state index < -0.39 is 0 Å². The summed E-state index contributed by atoms with van der Waals surface area (Å²) < 4.78 is 1.14. The molecule has 1 aliphatic heterocycles. The lowest BCUT2D eigenvalue weighted by Gasteiger charge is -2.19. The van der Waals surface area contributed by atoms with E-state index in [2.05, 4.69) is 58.6 Å². The molecule has 0 amide bonds.